The fraction of sp³-hybridized carbons (Fsp3) is 0.167. The lowest BCUT2D eigenvalue weighted by Crippen LogP contribution is -2.22. The number of carbonyl (C=O) groups excluding carboxylic acids is 1. The van der Waals surface area contributed by atoms with Crippen molar-refractivity contribution in [2.75, 3.05) is 7.11 Å². The number of hydrogen-bond donors (Lipinski definition) is 1. The van der Waals surface area contributed by atoms with Gasteiger partial charge in [-0.3, -0.25) is 4.79 Å². The summed E-state index contributed by atoms with van der Waals surface area (Å²) in [5.41, 5.74) is 2.72. The van der Waals surface area contributed by atoms with Crippen LogP contribution in [-0.2, 0) is 13.6 Å². The van der Waals surface area contributed by atoms with Gasteiger partial charge in [-0.1, -0.05) is 18.2 Å². The summed E-state index contributed by atoms with van der Waals surface area (Å²) < 4.78 is 7.19. The highest BCUT2D eigenvalue weighted by Gasteiger charge is 2.08. The van der Waals surface area contributed by atoms with E-state index >= 15 is 0 Å². The lowest BCUT2D eigenvalue weighted by atomic mass is 10.1. The molecule has 4 heteroatoms. The van der Waals surface area contributed by atoms with E-state index in [1.165, 1.54) is 0 Å². The van der Waals surface area contributed by atoms with Crippen LogP contribution in [0.5, 0.6) is 5.75 Å². The van der Waals surface area contributed by atoms with Crippen molar-refractivity contribution in [3.05, 3.63) is 65.9 Å². The molecule has 0 aliphatic carbocycles. The number of rotatable bonds is 4. The molecule has 112 valence electrons. The van der Waals surface area contributed by atoms with Crippen LogP contribution >= 0.6 is 0 Å². The lowest BCUT2D eigenvalue weighted by molar-refractivity contribution is 0.0951. The van der Waals surface area contributed by atoms with Crippen molar-refractivity contribution in [1.29, 1.82) is 0 Å². The molecule has 0 bridgehead atoms. The Balaban J connectivity index is 1.73. The molecule has 0 saturated carbocycles. The predicted molar refractivity (Wildman–Crippen MR) is 87.1 cm³/mol. The third kappa shape index (κ3) is 2.81. The molecule has 3 rings (SSSR count). The third-order valence-corrected chi connectivity index (χ3v) is 3.74. The predicted octanol–water partition coefficient (Wildman–Crippen LogP) is 3.12. The maximum atomic E-state index is 12.3. The highest BCUT2D eigenvalue weighted by molar-refractivity contribution is 5.98. The standard InChI is InChI=1S/C18H18N2O2/c1-20-9-8-14-6-7-15(11-17(14)20)18(21)19-12-13-4-3-5-16(10-13)22-2/h3-11H,12H2,1-2H3,(H,19,21). The number of methoxy groups -OCH3 is 1. The highest BCUT2D eigenvalue weighted by Crippen LogP contribution is 2.17. The van der Waals surface area contributed by atoms with Gasteiger partial charge in [-0.05, 0) is 41.3 Å². The fourth-order valence-corrected chi connectivity index (χ4v) is 2.47. The first-order valence-electron chi connectivity index (χ1n) is 7.13. The summed E-state index contributed by atoms with van der Waals surface area (Å²) in [6.07, 6.45) is 1.99. The van der Waals surface area contributed by atoms with Gasteiger partial charge in [0.25, 0.3) is 5.91 Å². The van der Waals surface area contributed by atoms with E-state index in [0.717, 1.165) is 22.2 Å². The second kappa shape index (κ2) is 5.93. The first-order chi connectivity index (χ1) is 10.7. The average molecular weight is 294 g/mol. The average Bonchev–Trinajstić information content (AvgIpc) is 2.93. The number of hydrogen-bond acceptors (Lipinski definition) is 2. The van der Waals surface area contributed by atoms with Crippen molar-refractivity contribution >= 4 is 16.8 Å². The summed E-state index contributed by atoms with van der Waals surface area (Å²) in [6.45, 7) is 0.473. The van der Waals surface area contributed by atoms with Crippen LogP contribution in [0.25, 0.3) is 10.9 Å². The second-order valence-electron chi connectivity index (χ2n) is 5.23. The SMILES string of the molecule is COc1cccc(CNC(=O)c2ccc3ccn(C)c3c2)c1. The number of aromatic nitrogens is 1. The number of benzene rings is 2. The highest BCUT2D eigenvalue weighted by atomic mass is 16.5. The van der Waals surface area contributed by atoms with Crippen LogP contribution < -0.4 is 10.1 Å². The van der Waals surface area contributed by atoms with E-state index in [2.05, 4.69) is 5.32 Å². The van der Waals surface area contributed by atoms with Crippen LogP contribution in [0.15, 0.2) is 54.7 Å². The van der Waals surface area contributed by atoms with Gasteiger partial charge in [-0.25, -0.2) is 0 Å². The number of ether oxygens (including phenoxy) is 1. The molecule has 22 heavy (non-hydrogen) atoms. The Kier molecular flexibility index (Phi) is 3.83. The van der Waals surface area contributed by atoms with Gasteiger partial charge in [-0.2, -0.15) is 0 Å². The van der Waals surface area contributed by atoms with Crippen molar-refractivity contribution in [2.24, 2.45) is 7.05 Å². The Morgan fingerprint density at radius 1 is 1.18 bits per heavy atom. The first-order valence-corrected chi connectivity index (χ1v) is 7.13. The molecule has 0 atom stereocenters. The minimum absolute atomic E-state index is 0.0779. The molecule has 1 amide bonds. The van der Waals surface area contributed by atoms with E-state index in [1.807, 2.05) is 66.3 Å². The van der Waals surface area contributed by atoms with Gasteiger partial charge < -0.3 is 14.6 Å². The third-order valence-electron chi connectivity index (χ3n) is 3.74. The summed E-state index contributed by atoms with van der Waals surface area (Å²) in [6, 6.07) is 15.4. The maximum absolute atomic E-state index is 12.3. The van der Waals surface area contributed by atoms with Gasteiger partial charge in [0.05, 0.1) is 7.11 Å². The normalized spacial score (nSPS) is 10.6. The zero-order valence-corrected chi connectivity index (χ0v) is 12.7. The maximum Gasteiger partial charge on any atom is 0.251 e. The molecule has 2 aromatic carbocycles. The van der Waals surface area contributed by atoms with Gasteiger partial charge in [0.2, 0.25) is 0 Å². The van der Waals surface area contributed by atoms with Crippen molar-refractivity contribution in [1.82, 2.24) is 9.88 Å². The quantitative estimate of drug-likeness (QED) is 0.803. The molecule has 4 nitrogen and oxygen atoms in total. The molecule has 0 aliphatic rings. The Morgan fingerprint density at radius 2 is 2.05 bits per heavy atom. The van der Waals surface area contributed by atoms with Gasteiger partial charge in [0.1, 0.15) is 5.75 Å². The molecule has 0 spiro atoms. The zero-order valence-electron chi connectivity index (χ0n) is 12.7. The molecular formula is C18H18N2O2. The first kappa shape index (κ1) is 14.2. The van der Waals surface area contributed by atoms with Crippen LogP contribution in [-0.4, -0.2) is 17.6 Å². The molecular weight excluding hydrogens is 276 g/mol. The molecule has 0 saturated heterocycles. The zero-order chi connectivity index (χ0) is 15.5. The van der Waals surface area contributed by atoms with Crippen LogP contribution in [0, 0.1) is 0 Å². The number of nitrogens with one attached hydrogen (secondary N) is 1. The Hall–Kier alpha value is -2.75. The topological polar surface area (TPSA) is 43.3 Å². The minimum atomic E-state index is -0.0779. The van der Waals surface area contributed by atoms with Crippen LogP contribution in [0.4, 0.5) is 0 Å². The van der Waals surface area contributed by atoms with E-state index in [1.54, 1.807) is 7.11 Å². The smallest absolute Gasteiger partial charge is 0.251 e. The molecule has 1 aromatic heterocycles. The summed E-state index contributed by atoms with van der Waals surface area (Å²) >= 11 is 0. The van der Waals surface area contributed by atoms with Crippen LogP contribution in [0.2, 0.25) is 0 Å². The number of aryl methyl sites for hydroxylation is 1. The number of amides is 1. The second-order valence-corrected chi connectivity index (χ2v) is 5.23. The van der Waals surface area contributed by atoms with Gasteiger partial charge in [0.15, 0.2) is 0 Å². The van der Waals surface area contributed by atoms with Gasteiger partial charge >= 0.3 is 0 Å². The van der Waals surface area contributed by atoms with E-state index in [4.69, 9.17) is 4.74 Å². The molecule has 3 aromatic rings. The largest absolute Gasteiger partial charge is 0.497 e. The van der Waals surface area contributed by atoms with E-state index in [9.17, 15) is 4.79 Å². The van der Waals surface area contributed by atoms with E-state index < -0.39 is 0 Å². The Bertz CT molecular complexity index is 821. The summed E-state index contributed by atoms with van der Waals surface area (Å²) in [5.74, 6) is 0.711. The number of carbonyl (C=O) groups is 1. The molecule has 0 aliphatic heterocycles. The van der Waals surface area contributed by atoms with Crippen molar-refractivity contribution in [3.8, 4) is 5.75 Å². The number of nitrogens with zero attached hydrogens (tertiary/aromatic N) is 1. The molecule has 1 heterocycles. The van der Waals surface area contributed by atoms with E-state index in [0.29, 0.717) is 12.1 Å². The van der Waals surface area contributed by atoms with Crippen LogP contribution in [0.3, 0.4) is 0 Å². The lowest BCUT2D eigenvalue weighted by Gasteiger charge is -2.07. The molecule has 1 N–H and O–H groups in total. The fourth-order valence-electron chi connectivity index (χ4n) is 2.47. The molecule has 0 fully saturated rings. The van der Waals surface area contributed by atoms with Crippen molar-refractivity contribution < 1.29 is 9.53 Å². The van der Waals surface area contributed by atoms with Gasteiger partial charge in [0, 0.05) is 30.9 Å². The van der Waals surface area contributed by atoms with Crippen molar-refractivity contribution in [2.45, 2.75) is 6.54 Å². The van der Waals surface area contributed by atoms with Crippen LogP contribution in [0.1, 0.15) is 15.9 Å². The summed E-state index contributed by atoms with van der Waals surface area (Å²) in [4.78, 5) is 12.3. The monoisotopic (exact) mass is 294 g/mol. The minimum Gasteiger partial charge on any atom is -0.497 e. The Labute approximate surface area is 129 Å². The van der Waals surface area contributed by atoms with Crippen molar-refractivity contribution in [3.63, 3.8) is 0 Å². The summed E-state index contributed by atoms with van der Waals surface area (Å²) in [7, 11) is 3.60. The Morgan fingerprint density at radius 3 is 2.86 bits per heavy atom. The van der Waals surface area contributed by atoms with E-state index in [-0.39, 0.29) is 5.91 Å². The number of fused-ring (bicyclic) bond motifs is 1. The summed E-state index contributed by atoms with van der Waals surface area (Å²) in [5, 5.41) is 4.07. The molecule has 0 unspecified atom stereocenters. The van der Waals surface area contributed by atoms with Gasteiger partial charge in [-0.15, -0.1) is 0 Å². The molecule has 0 radical (unpaired) electrons.